The number of anilines is 2. The molecule has 2 aromatic carbocycles. The molecular weight excluding hydrogens is 579 g/mol. The number of benzene rings is 2. The number of aromatic nitrogens is 2. The Balaban J connectivity index is 1.07. The first-order valence-corrected chi connectivity index (χ1v) is 17.4. The molecule has 6 heterocycles. The van der Waals surface area contributed by atoms with E-state index in [1.54, 1.807) is 6.07 Å². The van der Waals surface area contributed by atoms with Crippen LogP contribution < -0.4 is 19.9 Å². The molecule has 2 N–H and O–H groups in total. The number of hydrogen-bond acceptors (Lipinski definition) is 8. The van der Waals surface area contributed by atoms with Gasteiger partial charge in [0, 0.05) is 79.0 Å². The normalized spacial score (nSPS) is 31.9. The summed E-state index contributed by atoms with van der Waals surface area (Å²) in [6.45, 7) is 4.13. The number of fused-ring (bicyclic) bond motifs is 7. The smallest absolute Gasteiger partial charge is 0.318 e. The van der Waals surface area contributed by atoms with Crippen molar-refractivity contribution in [1.82, 2.24) is 20.2 Å². The molecule has 0 spiro atoms. The summed E-state index contributed by atoms with van der Waals surface area (Å²) in [5.74, 6) is 4.70. The zero-order valence-corrected chi connectivity index (χ0v) is 26.4. The SMILES string of the molecule is C#Cc1cccc2cc(O)cc(N3CCc4c(nc(OC[C@@]56C[C@H](F)CN5[C@@H]5CCCC[C@@H]5C6)nc4N4CC5CCC(C4)N5)C3)c12. The predicted molar refractivity (Wildman–Crippen MR) is 177 cm³/mol. The predicted octanol–water partition coefficient (Wildman–Crippen LogP) is 4.94. The van der Waals surface area contributed by atoms with Crippen LogP contribution >= 0.6 is 0 Å². The summed E-state index contributed by atoms with van der Waals surface area (Å²) in [6.07, 6.45) is 14.8. The molecule has 0 radical (unpaired) electrons. The topological polar surface area (TPSA) is 77.0 Å². The van der Waals surface area contributed by atoms with Crippen molar-refractivity contribution < 1.29 is 14.2 Å². The molecule has 6 aliphatic rings. The lowest BCUT2D eigenvalue weighted by molar-refractivity contribution is 0.0772. The zero-order chi connectivity index (χ0) is 31.0. The Bertz CT molecular complexity index is 1710. The van der Waals surface area contributed by atoms with E-state index in [9.17, 15) is 5.11 Å². The maximum atomic E-state index is 15.0. The molecule has 2 bridgehead atoms. The van der Waals surface area contributed by atoms with Gasteiger partial charge in [-0.3, -0.25) is 4.90 Å². The van der Waals surface area contributed by atoms with E-state index in [0.717, 1.165) is 66.0 Å². The molecule has 6 atom stereocenters. The summed E-state index contributed by atoms with van der Waals surface area (Å²) < 4.78 is 21.6. The van der Waals surface area contributed by atoms with E-state index in [1.165, 1.54) is 44.1 Å². The van der Waals surface area contributed by atoms with Gasteiger partial charge < -0.3 is 25.0 Å². The van der Waals surface area contributed by atoms with Gasteiger partial charge in [-0.25, -0.2) is 4.39 Å². The Morgan fingerprint density at radius 3 is 2.74 bits per heavy atom. The molecule has 240 valence electrons. The highest BCUT2D eigenvalue weighted by Crippen LogP contribution is 2.51. The molecule has 1 aromatic heterocycles. The summed E-state index contributed by atoms with van der Waals surface area (Å²) in [7, 11) is 0. The van der Waals surface area contributed by atoms with Gasteiger partial charge in [0.1, 0.15) is 24.3 Å². The van der Waals surface area contributed by atoms with Gasteiger partial charge in [-0.2, -0.15) is 9.97 Å². The van der Waals surface area contributed by atoms with Gasteiger partial charge in [0.25, 0.3) is 0 Å². The Morgan fingerprint density at radius 2 is 1.89 bits per heavy atom. The fourth-order valence-corrected chi connectivity index (χ4v) is 10.1. The van der Waals surface area contributed by atoms with Crippen LogP contribution in [0.4, 0.5) is 15.9 Å². The number of phenolic OH excluding ortho intramolecular Hbond substituents is 1. The third kappa shape index (κ3) is 4.71. The van der Waals surface area contributed by atoms with E-state index in [0.29, 0.717) is 56.2 Å². The van der Waals surface area contributed by atoms with Crippen LogP contribution in [0.25, 0.3) is 10.8 Å². The Labute approximate surface area is 270 Å². The average molecular weight is 623 g/mol. The maximum Gasteiger partial charge on any atom is 0.318 e. The van der Waals surface area contributed by atoms with E-state index in [2.05, 4.69) is 25.9 Å². The van der Waals surface area contributed by atoms with Crippen molar-refractivity contribution in [2.45, 2.75) is 94.2 Å². The lowest BCUT2D eigenvalue weighted by Gasteiger charge is -2.38. The molecular formula is C37H43FN6O2. The molecule has 8 nitrogen and oxygen atoms in total. The number of aromatic hydroxyl groups is 1. The first-order chi connectivity index (χ1) is 22.5. The monoisotopic (exact) mass is 622 g/mol. The summed E-state index contributed by atoms with van der Waals surface area (Å²) in [5.41, 5.74) is 3.59. The summed E-state index contributed by atoms with van der Waals surface area (Å²) in [6, 6.07) is 11.3. The number of hydrogen-bond donors (Lipinski definition) is 2. The van der Waals surface area contributed by atoms with E-state index in [4.69, 9.17) is 21.1 Å². The van der Waals surface area contributed by atoms with Gasteiger partial charge in [-0.1, -0.05) is 30.9 Å². The highest BCUT2D eigenvalue weighted by Gasteiger charge is 2.57. The fraction of sp³-hybridized carbons (Fsp3) is 0.568. The van der Waals surface area contributed by atoms with Crippen LogP contribution in [0.2, 0.25) is 0 Å². The number of nitrogens with one attached hydrogen (secondary N) is 1. The van der Waals surface area contributed by atoms with Crippen LogP contribution in [0.15, 0.2) is 30.3 Å². The van der Waals surface area contributed by atoms with Gasteiger partial charge in [0.05, 0.1) is 17.8 Å². The lowest BCUT2D eigenvalue weighted by atomic mass is 9.81. The van der Waals surface area contributed by atoms with Crippen molar-refractivity contribution in [2.24, 2.45) is 5.92 Å². The van der Waals surface area contributed by atoms with Crippen molar-refractivity contribution in [3.05, 3.63) is 47.2 Å². The molecule has 5 fully saturated rings. The largest absolute Gasteiger partial charge is 0.508 e. The van der Waals surface area contributed by atoms with Crippen molar-refractivity contribution in [2.75, 3.05) is 42.6 Å². The average Bonchev–Trinajstić information content (AvgIpc) is 3.68. The standard InChI is InChI=1S/C37H43FN6O2/c1-2-23-7-5-8-24-14-29(45)15-33(34(23)24)42-13-12-30-31(21-42)40-36(41-35(30)43-19-27-10-11-28(20-43)39-27)46-22-37-16-25-6-3-4-9-32(25)44(37)18-26(38)17-37/h1,5,7-8,14-15,25-28,32,39,45H,3-4,6,9-13,16-22H2/t25-,26+,27?,28?,32-,37-/m1/s1. The molecule has 1 saturated carbocycles. The molecule has 4 saturated heterocycles. The number of ether oxygens (including phenoxy) is 1. The highest BCUT2D eigenvalue weighted by atomic mass is 19.1. The quantitative estimate of drug-likeness (QED) is 0.388. The molecule has 2 unspecified atom stereocenters. The first kappa shape index (κ1) is 28.6. The Hall–Kier alpha value is -3.61. The van der Waals surface area contributed by atoms with E-state index < -0.39 is 6.17 Å². The molecule has 1 aliphatic carbocycles. The number of rotatable bonds is 5. The van der Waals surface area contributed by atoms with Gasteiger partial charge in [-0.05, 0) is 62.0 Å². The summed E-state index contributed by atoms with van der Waals surface area (Å²) in [5, 5.41) is 16.3. The van der Waals surface area contributed by atoms with E-state index in [-0.39, 0.29) is 11.3 Å². The van der Waals surface area contributed by atoms with E-state index >= 15 is 4.39 Å². The Morgan fingerprint density at radius 1 is 1.04 bits per heavy atom. The molecule has 0 amide bonds. The van der Waals surface area contributed by atoms with Crippen LogP contribution in [0, 0.1) is 18.3 Å². The summed E-state index contributed by atoms with van der Waals surface area (Å²) >= 11 is 0. The number of phenols is 1. The van der Waals surface area contributed by atoms with Crippen LogP contribution in [0.1, 0.15) is 68.2 Å². The van der Waals surface area contributed by atoms with Crippen molar-refractivity contribution in [1.29, 1.82) is 0 Å². The minimum atomic E-state index is -0.804. The zero-order valence-electron chi connectivity index (χ0n) is 26.4. The number of piperazine rings is 1. The number of terminal acetylenes is 1. The second kappa shape index (κ2) is 11.0. The van der Waals surface area contributed by atoms with Crippen LogP contribution in [-0.2, 0) is 13.0 Å². The van der Waals surface area contributed by atoms with Crippen molar-refractivity contribution >= 4 is 22.3 Å². The molecule has 9 rings (SSSR count). The minimum Gasteiger partial charge on any atom is -0.508 e. The second-order valence-electron chi connectivity index (χ2n) is 14.8. The fourth-order valence-electron chi connectivity index (χ4n) is 10.1. The number of halogens is 1. The molecule has 3 aromatic rings. The molecule has 5 aliphatic heterocycles. The first-order valence-electron chi connectivity index (χ1n) is 17.4. The third-order valence-electron chi connectivity index (χ3n) is 12.0. The lowest BCUT2D eigenvalue weighted by Crippen LogP contribution is -2.52. The molecule has 9 heteroatoms. The Kier molecular flexibility index (Phi) is 6.83. The van der Waals surface area contributed by atoms with Gasteiger partial charge in [0.15, 0.2) is 0 Å². The third-order valence-corrected chi connectivity index (χ3v) is 12.0. The maximum absolute atomic E-state index is 15.0. The van der Waals surface area contributed by atoms with E-state index in [1.807, 2.05) is 24.3 Å². The van der Waals surface area contributed by atoms with Crippen LogP contribution in [0.5, 0.6) is 11.8 Å². The highest BCUT2D eigenvalue weighted by molar-refractivity contribution is 6.00. The van der Waals surface area contributed by atoms with Gasteiger partial charge in [0.2, 0.25) is 0 Å². The number of alkyl halides is 1. The van der Waals surface area contributed by atoms with Crippen molar-refractivity contribution in [3.8, 4) is 24.1 Å². The summed E-state index contributed by atoms with van der Waals surface area (Å²) in [4.78, 5) is 17.4. The second-order valence-corrected chi connectivity index (χ2v) is 14.8. The van der Waals surface area contributed by atoms with Gasteiger partial charge in [-0.15, -0.1) is 6.42 Å². The van der Waals surface area contributed by atoms with Crippen LogP contribution in [0.3, 0.4) is 0 Å². The minimum absolute atomic E-state index is 0.217. The molecule has 46 heavy (non-hydrogen) atoms. The van der Waals surface area contributed by atoms with Crippen LogP contribution in [-0.4, -0.2) is 82.6 Å². The van der Waals surface area contributed by atoms with Gasteiger partial charge >= 0.3 is 6.01 Å². The van der Waals surface area contributed by atoms with Crippen molar-refractivity contribution in [3.63, 3.8) is 0 Å². The number of nitrogens with zero attached hydrogens (tertiary/aromatic N) is 5.